The number of hydrogen-bond donors (Lipinski definition) is 1. The average Bonchev–Trinajstić information content (AvgIpc) is 2.54. The third kappa shape index (κ3) is 3.47. The van der Waals surface area contributed by atoms with Gasteiger partial charge in [-0.15, -0.1) is 0 Å². The second-order valence-electron chi connectivity index (χ2n) is 8.13. The molecule has 2 aliphatic rings. The minimum absolute atomic E-state index is 0.154. The van der Waals surface area contributed by atoms with E-state index < -0.39 is 12.1 Å². The molecule has 1 aliphatic carbocycles. The molecule has 1 aromatic rings. The summed E-state index contributed by atoms with van der Waals surface area (Å²) in [5, 5.41) is 3.18. The van der Waals surface area contributed by atoms with Crippen LogP contribution in [0.4, 0.5) is 0 Å². The predicted molar refractivity (Wildman–Crippen MR) is 92.7 cm³/mol. The van der Waals surface area contributed by atoms with Gasteiger partial charge in [0.15, 0.2) is 6.10 Å². The molecule has 0 bridgehead atoms. The van der Waals surface area contributed by atoms with Gasteiger partial charge in [-0.25, -0.2) is 4.79 Å². The van der Waals surface area contributed by atoms with Gasteiger partial charge in [-0.05, 0) is 35.8 Å². The second kappa shape index (κ2) is 6.58. The van der Waals surface area contributed by atoms with Crippen molar-refractivity contribution in [1.82, 2.24) is 5.32 Å². The Morgan fingerprint density at radius 1 is 1.17 bits per heavy atom. The van der Waals surface area contributed by atoms with Crippen LogP contribution in [-0.4, -0.2) is 24.0 Å². The lowest BCUT2D eigenvalue weighted by molar-refractivity contribution is -0.132. The highest BCUT2D eigenvalue weighted by Gasteiger charge is 2.37. The molecule has 1 aromatic carbocycles. The van der Waals surface area contributed by atoms with Crippen molar-refractivity contribution in [3.8, 4) is 0 Å². The number of nitrogens with one attached hydrogen (secondary N) is 1. The number of hydrogen-bond acceptors (Lipinski definition) is 3. The third-order valence-electron chi connectivity index (χ3n) is 5.39. The summed E-state index contributed by atoms with van der Waals surface area (Å²) in [4.78, 5) is 24.8. The van der Waals surface area contributed by atoms with Crippen LogP contribution in [0.25, 0.3) is 0 Å². The van der Waals surface area contributed by atoms with E-state index in [4.69, 9.17) is 4.74 Å². The Bertz CT molecular complexity index is 632. The molecule has 130 valence electrons. The number of cyclic esters (lactones) is 1. The van der Waals surface area contributed by atoms with Crippen LogP contribution in [0.15, 0.2) is 24.3 Å². The smallest absolute Gasteiger partial charge is 0.339 e. The number of amides is 1. The zero-order chi connectivity index (χ0) is 17.3. The monoisotopic (exact) mass is 329 g/mol. The number of rotatable bonds is 2. The molecule has 0 aromatic heterocycles. The van der Waals surface area contributed by atoms with Crippen molar-refractivity contribution in [3.63, 3.8) is 0 Å². The normalized spacial score (nSPS) is 27.1. The highest BCUT2D eigenvalue weighted by atomic mass is 16.5. The minimum Gasteiger partial charge on any atom is -0.448 e. The zero-order valence-electron chi connectivity index (χ0n) is 14.8. The lowest BCUT2D eigenvalue weighted by Crippen LogP contribution is -2.51. The number of fused-ring (bicyclic) bond motifs is 1. The van der Waals surface area contributed by atoms with Crippen LogP contribution in [0, 0.1) is 11.3 Å². The van der Waals surface area contributed by atoms with Gasteiger partial charge in [0.05, 0.1) is 5.56 Å². The average molecular weight is 329 g/mol. The Morgan fingerprint density at radius 3 is 2.62 bits per heavy atom. The predicted octanol–water partition coefficient (Wildman–Crippen LogP) is 3.49. The molecule has 3 rings (SSSR count). The molecule has 4 heteroatoms. The molecule has 24 heavy (non-hydrogen) atoms. The van der Waals surface area contributed by atoms with Gasteiger partial charge in [-0.2, -0.15) is 0 Å². The lowest BCUT2D eigenvalue weighted by Gasteiger charge is -2.41. The second-order valence-corrected chi connectivity index (χ2v) is 8.13. The van der Waals surface area contributed by atoms with E-state index in [-0.39, 0.29) is 17.4 Å². The van der Waals surface area contributed by atoms with Gasteiger partial charge in [0, 0.05) is 12.5 Å². The summed E-state index contributed by atoms with van der Waals surface area (Å²) < 4.78 is 5.39. The van der Waals surface area contributed by atoms with E-state index >= 15 is 0 Å². The van der Waals surface area contributed by atoms with Crippen LogP contribution in [0.5, 0.6) is 0 Å². The van der Waals surface area contributed by atoms with Crippen LogP contribution < -0.4 is 5.32 Å². The quantitative estimate of drug-likeness (QED) is 0.845. The van der Waals surface area contributed by atoms with Crippen LogP contribution >= 0.6 is 0 Å². The number of carbonyl (C=O) groups excluding carboxylic acids is 2. The first-order chi connectivity index (χ1) is 11.4. The van der Waals surface area contributed by atoms with Gasteiger partial charge in [0.1, 0.15) is 0 Å². The summed E-state index contributed by atoms with van der Waals surface area (Å²) in [6.45, 7) is 6.71. The van der Waals surface area contributed by atoms with Crippen LogP contribution in [0.2, 0.25) is 0 Å². The first kappa shape index (κ1) is 17.0. The molecule has 1 amide bonds. The van der Waals surface area contributed by atoms with Gasteiger partial charge in [-0.3, -0.25) is 4.79 Å². The molecular formula is C20H27NO3. The van der Waals surface area contributed by atoms with Gasteiger partial charge in [0.25, 0.3) is 5.91 Å². The summed E-state index contributed by atoms with van der Waals surface area (Å²) >= 11 is 0. The topological polar surface area (TPSA) is 55.4 Å². The number of benzene rings is 1. The maximum absolute atomic E-state index is 12.7. The van der Waals surface area contributed by atoms with Crippen molar-refractivity contribution in [3.05, 3.63) is 35.4 Å². The van der Waals surface area contributed by atoms with Crippen molar-refractivity contribution in [2.24, 2.45) is 11.3 Å². The fourth-order valence-corrected chi connectivity index (χ4v) is 4.09. The molecule has 4 nitrogen and oxygen atoms in total. The Kier molecular flexibility index (Phi) is 4.66. The molecule has 3 unspecified atom stereocenters. The summed E-state index contributed by atoms with van der Waals surface area (Å²) in [6, 6.07) is 7.53. The van der Waals surface area contributed by atoms with Crippen molar-refractivity contribution in [2.75, 3.05) is 0 Å². The Hall–Kier alpha value is -1.84. The molecule has 1 fully saturated rings. The van der Waals surface area contributed by atoms with Crippen molar-refractivity contribution < 1.29 is 14.3 Å². The van der Waals surface area contributed by atoms with Gasteiger partial charge in [-0.1, -0.05) is 51.8 Å². The Balaban J connectivity index is 1.70. The third-order valence-corrected chi connectivity index (χ3v) is 5.39. The van der Waals surface area contributed by atoms with E-state index in [0.717, 1.165) is 24.8 Å². The molecule has 1 N–H and O–H groups in total. The fraction of sp³-hybridized carbons (Fsp3) is 0.600. The van der Waals surface area contributed by atoms with E-state index in [1.807, 2.05) is 18.2 Å². The highest BCUT2D eigenvalue weighted by Crippen LogP contribution is 2.38. The molecule has 1 saturated carbocycles. The van der Waals surface area contributed by atoms with Crippen molar-refractivity contribution in [2.45, 2.75) is 65.0 Å². The molecule has 0 radical (unpaired) electrons. The SMILES string of the molecule is CC(C)(C)C1CCCCC1NC(=O)C1Cc2ccccc2C(=O)O1. The first-order valence-corrected chi connectivity index (χ1v) is 8.95. The van der Waals surface area contributed by atoms with E-state index in [1.165, 1.54) is 6.42 Å². The molecule has 0 spiro atoms. The van der Waals surface area contributed by atoms with Gasteiger partial charge < -0.3 is 10.1 Å². The molecule has 0 saturated heterocycles. The number of esters is 1. The zero-order valence-corrected chi connectivity index (χ0v) is 14.8. The van der Waals surface area contributed by atoms with Crippen LogP contribution in [-0.2, 0) is 16.0 Å². The number of carbonyl (C=O) groups is 2. The highest BCUT2D eigenvalue weighted by molar-refractivity contribution is 5.95. The van der Waals surface area contributed by atoms with Crippen molar-refractivity contribution >= 4 is 11.9 Å². The maximum Gasteiger partial charge on any atom is 0.339 e. The van der Waals surface area contributed by atoms with Crippen LogP contribution in [0.3, 0.4) is 0 Å². The van der Waals surface area contributed by atoms with E-state index in [1.54, 1.807) is 6.07 Å². The Morgan fingerprint density at radius 2 is 1.88 bits per heavy atom. The largest absolute Gasteiger partial charge is 0.448 e. The summed E-state index contributed by atoms with van der Waals surface area (Å²) in [5.41, 5.74) is 1.63. The van der Waals surface area contributed by atoms with E-state index in [0.29, 0.717) is 17.9 Å². The first-order valence-electron chi connectivity index (χ1n) is 8.95. The summed E-state index contributed by atoms with van der Waals surface area (Å²) in [7, 11) is 0. The molecular weight excluding hydrogens is 302 g/mol. The standard InChI is InChI=1S/C20H27NO3/c1-20(2,3)15-10-6-7-11-16(15)21-18(22)17-12-13-8-4-5-9-14(13)19(23)24-17/h4-5,8-9,15-17H,6-7,10-12H2,1-3H3,(H,21,22). The summed E-state index contributed by atoms with van der Waals surface area (Å²) in [5.74, 6) is -0.0891. The van der Waals surface area contributed by atoms with Crippen LogP contribution in [0.1, 0.15) is 62.4 Å². The molecule has 3 atom stereocenters. The molecule has 1 aliphatic heterocycles. The van der Waals surface area contributed by atoms with E-state index in [2.05, 4.69) is 26.1 Å². The maximum atomic E-state index is 12.7. The van der Waals surface area contributed by atoms with E-state index in [9.17, 15) is 9.59 Å². The Labute approximate surface area is 144 Å². The lowest BCUT2D eigenvalue weighted by atomic mass is 9.69. The van der Waals surface area contributed by atoms with Crippen molar-refractivity contribution in [1.29, 1.82) is 0 Å². The van der Waals surface area contributed by atoms with Gasteiger partial charge >= 0.3 is 5.97 Å². The van der Waals surface area contributed by atoms with Gasteiger partial charge in [0.2, 0.25) is 0 Å². The number of ether oxygens (including phenoxy) is 1. The summed E-state index contributed by atoms with van der Waals surface area (Å²) in [6.07, 6.45) is 4.26. The fourth-order valence-electron chi connectivity index (χ4n) is 4.09. The molecule has 1 heterocycles. The minimum atomic E-state index is -0.713.